The van der Waals surface area contributed by atoms with Crippen molar-refractivity contribution in [2.24, 2.45) is 0 Å². The summed E-state index contributed by atoms with van der Waals surface area (Å²) in [5.74, 6) is 0. The lowest BCUT2D eigenvalue weighted by Crippen LogP contribution is -2.47. The Labute approximate surface area is 92.4 Å². The summed E-state index contributed by atoms with van der Waals surface area (Å²) < 4.78 is 27.7. The zero-order valence-electron chi connectivity index (χ0n) is 9.87. The van der Waals surface area contributed by atoms with E-state index in [0.717, 1.165) is 0 Å². The third-order valence-corrected chi connectivity index (χ3v) is 3.00. The number of nitrogens with one attached hydrogen (secondary N) is 2. The molecule has 0 heterocycles. The molecule has 0 amide bonds. The molecule has 5 nitrogen and oxygen atoms in total. The van der Waals surface area contributed by atoms with Gasteiger partial charge >= 0.3 is 0 Å². The van der Waals surface area contributed by atoms with Crippen LogP contribution in [0, 0.1) is 0 Å². The summed E-state index contributed by atoms with van der Waals surface area (Å²) in [5.41, 5.74) is -0.476. The average Bonchev–Trinajstić information content (AvgIpc) is 1.93. The second-order valence-corrected chi connectivity index (χ2v) is 6.24. The van der Waals surface area contributed by atoms with Gasteiger partial charge in [-0.05, 0) is 40.5 Å². The fourth-order valence-corrected chi connectivity index (χ4v) is 2.33. The molecule has 0 rings (SSSR count). The number of aliphatic hydroxyl groups is 1. The van der Waals surface area contributed by atoms with E-state index in [1.165, 1.54) is 0 Å². The van der Waals surface area contributed by atoms with Crippen molar-refractivity contribution in [2.45, 2.75) is 52.2 Å². The summed E-state index contributed by atoms with van der Waals surface area (Å²) in [4.78, 5) is 0. The first-order chi connectivity index (χ1) is 6.62. The molecule has 0 saturated carbocycles. The molecule has 92 valence electrons. The van der Waals surface area contributed by atoms with E-state index >= 15 is 0 Å². The van der Waals surface area contributed by atoms with Gasteiger partial charge in [-0.3, -0.25) is 0 Å². The minimum atomic E-state index is -3.42. The molecule has 0 aliphatic heterocycles. The average molecular weight is 238 g/mol. The highest BCUT2D eigenvalue weighted by molar-refractivity contribution is 7.87. The smallest absolute Gasteiger partial charge is 0.277 e. The van der Waals surface area contributed by atoms with Crippen LogP contribution in [0.25, 0.3) is 0 Å². The van der Waals surface area contributed by atoms with E-state index in [1.807, 2.05) is 0 Å². The van der Waals surface area contributed by atoms with Crippen LogP contribution in [0.3, 0.4) is 0 Å². The maximum atomic E-state index is 11.4. The second kappa shape index (κ2) is 5.79. The summed E-state index contributed by atoms with van der Waals surface area (Å²) in [6, 6.07) is 0. The molecule has 1 unspecified atom stereocenters. The van der Waals surface area contributed by atoms with E-state index < -0.39 is 15.7 Å². The first kappa shape index (κ1) is 14.8. The van der Waals surface area contributed by atoms with Crippen molar-refractivity contribution in [3.63, 3.8) is 0 Å². The van der Waals surface area contributed by atoms with Crippen LogP contribution in [-0.2, 0) is 10.2 Å². The number of rotatable bonds is 6. The molecular formula is C9H22N2O3S. The van der Waals surface area contributed by atoms with Crippen LogP contribution in [0.2, 0.25) is 0 Å². The second-order valence-electron chi connectivity index (χ2n) is 4.74. The molecule has 0 fully saturated rings. The van der Waals surface area contributed by atoms with Crippen LogP contribution in [-0.4, -0.2) is 31.7 Å². The molecule has 0 aromatic heterocycles. The monoisotopic (exact) mass is 238 g/mol. The van der Waals surface area contributed by atoms with Crippen molar-refractivity contribution in [1.82, 2.24) is 9.44 Å². The van der Waals surface area contributed by atoms with Gasteiger partial charge in [0, 0.05) is 12.1 Å². The van der Waals surface area contributed by atoms with Gasteiger partial charge in [-0.1, -0.05) is 0 Å². The van der Waals surface area contributed by atoms with Gasteiger partial charge in [-0.2, -0.15) is 13.1 Å². The van der Waals surface area contributed by atoms with Gasteiger partial charge in [0.25, 0.3) is 10.2 Å². The number of hydrogen-bond acceptors (Lipinski definition) is 3. The van der Waals surface area contributed by atoms with Crippen LogP contribution in [0.5, 0.6) is 0 Å². The predicted octanol–water partition coefficient (Wildman–Crippen LogP) is 0.370. The fraction of sp³-hybridized carbons (Fsp3) is 1.00. The predicted molar refractivity (Wildman–Crippen MR) is 60.7 cm³/mol. The third-order valence-electron chi connectivity index (χ3n) is 1.53. The molecule has 0 saturated heterocycles. The fourth-order valence-electron chi connectivity index (χ4n) is 1.04. The lowest BCUT2D eigenvalue weighted by molar-refractivity contribution is 0.182. The highest BCUT2D eigenvalue weighted by Gasteiger charge is 2.18. The lowest BCUT2D eigenvalue weighted by atomic mass is 10.1. The standard InChI is InChI=1S/C9H22N2O3S/c1-8(12)6-5-7-10-15(13,14)11-9(2,3)4/h8,10-12H,5-7H2,1-4H3. The first-order valence-electron chi connectivity index (χ1n) is 5.09. The Kier molecular flexibility index (Phi) is 5.72. The van der Waals surface area contributed by atoms with Crippen LogP contribution in [0.15, 0.2) is 0 Å². The SMILES string of the molecule is CC(O)CCCNS(=O)(=O)NC(C)(C)C. The maximum absolute atomic E-state index is 11.4. The van der Waals surface area contributed by atoms with Gasteiger partial charge in [-0.15, -0.1) is 0 Å². The van der Waals surface area contributed by atoms with Crippen molar-refractivity contribution in [1.29, 1.82) is 0 Å². The van der Waals surface area contributed by atoms with Crippen molar-refractivity contribution in [3.8, 4) is 0 Å². The topological polar surface area (TPSA) is 78.4 Å². The number of hydrogen-bond donors (Lipinski definition) is 3. The highest BCUT2D eigenvalue weighted by atomic mass is 32.2. The molecule has 0 aliphatic carbocycles. The maximum Gasteiger partial charge on any atom is 0.277 e. The molecular weight excluding hydrogens is 216 g/mol. The van der Waals surface area contributed by atoms with Gasteiger partial charge in [0.1, 0.15) is 0 Å². The van der Waals surface area contributed by atoms with Crippen LogP contribution >= 0.6 is 0 Å². The Bertz CT molecular complexity index is 268. The van der Waals surface area contributed by atoms with Gasteiger partial charge < -0.3 is 5.11 Å². The normalized spacial score (nSPS) is 15.3. The third kappa shape index (κ3) is 10.1. The van der Waals surface area contributed by atoms with Gasteiger partial charge in [0.2, 0.25) is 0 Å². The molecule has 0 aromatic carbocycles. The van der Waals surface area contributed by atoms with Crippen LogP contribution in [0.4, 0.5) is 0 Å². The zero-order valence-corrected chi connectivity index (χ0v) is 10.7. The van der Waals surface area contributed by atoms with E-state index in [-0.39, 0.29) is 6.10 Å². The Balaban J connectivity index is 3.86. The molecule has 6 heteroatoms. The number of aliphatic hydroxyl groups excluding tert-OH is 1. The van der Waals surface area contributed by atoms with E-state index in [2.05, 4.69) is 9.44 Å². The molecule has 1 atom stereocenters. The summed E-state index contributed by atoms with van der Waals surface area (Å²) in [6.07, 6.45) is 0.839. The van der Waals surface area contributed by atoms with Crippen molar-refractivity contribution >= 4 is 10.2 Å². The van der Waals surface area contributed by atoms with E-state index in [9.17, 15) is 8.42 Å². The molecule has 0 radical (unpaired) electrons. The van der Waals surface area contributed by atoms with Gasteiger partial charge in [-0.25, -0.2) is 4.72 Å². The van der Waals surface area contributed by atoms with Gasteiger partial charge in [0.05, 0.1) is 6.10 Å². The Morgan fingerprint density at radius 3 is 2.27 bits per heavy atom. The summed E-state index contributed by atoms with van der Waals surface area (Å²) in [7, 11) is -3.42. The summed E-state index contributed by atoms with van der Waals surface area (Å²) in [6.45, 7) is 7.37. The molecule has 0 aromatic rings. The van der Waals surface area contributed by atoms with E-state index in [4.69, 9.17) is 5.11 Å². The zero-order chi connectivity index (χ0) is 12.1. The minimum Gasteiger partial charge on any atom is -0.393 e. The van der Waals surface area contributed by atoms with Crippen LogP contribution in [0.1, 0.15) is 40.5 Å². The summed E-state index contributed by atoms with van der Waals surface area (Å²) >= 11 is 0. The Morgan fingerprint density at radius 1 is 1.33 bits per heavy atom. The van der Waals surface area contributed by atoms with Crippen molar-refractivity contribution in [2.75, 3.05) is 6.54 Å². The Morgan fingerprint density at radius 2 is 1.87 bits per heavy atom. The molecule has 3 N–H and O–H groups in total. The molecule has 15 heavy (non-hydrogen) atoms. The van der Waals surface area contributed by atoms with Crippen molar-refractivity contribution in [3.05, 3.63) is 0 Å². The van der Waals surface area contributed by atoms with E-state index in [0.29, 0.717) is 19.4 Å². The first-order valence-corrected chi connectivity index (χ1v) is 6.57. The lowest BCUT2D eigenvalue weighted by Gasteiger charge is -2.20. The molecule has 0 aliphatic rings. The van der Waals surface area contributed by atoms with Crippen LogP contribution < -0.4 is 9.44 Å². The summed E-state index contributed by atoms with van der Waals surface area (Å²) in [5, 5.41) is 8.98. The minimum absolute atomic E-state index is 0.344. The molecule has 0 bridgehead atoms. The largest absolute Gasteiger partial charge is 0.393 e. The Hall–Kier alpha value is -0.170. The highest BCUT2D eigenvalue weighted by Crippen LogP contribution is 2.01. The quantitative estimate of drug-likeness (QED) is 0.585. The van der Waals surface area contributed by atoms with E-state index in [1.54, 1.807) is 27.7 Å². The molecule has 0 spiro atoms. The van der Waals surface area contributed by atoms with Gasteiger partial charge in [0.15, 0.2) is 0 Å². The van der Waals surface area contributed by atoms with Crippen molar-refractivity contribution < 1.29 is 13.5 Å².